The van der Waals surface area contributed by atoms with E-state index in [1.54, 1.807) is 68.5 Å². The molecular formula is C26H25N5O2. The number of nitrogens with zero attached hydrogens (tertiary/aromatic N) is 2. The van der Waals surface area contributed by atoms with E-state index in [4.69, 9.17) is 5.73 Å². The summed E-state index contributed by atoms with van der Waals surface area (Å²) in [6.07, 6.45) is 1.51. The molecular weight excluding hydrogens is 414 g/mol. The van der Waals surface area contributed by atoms with Gasteiger partial charge in [-0.15, -0.1) is 0 Å². The lowest BCUT2D eigenvalue weighted by Gasteiger charge is -2.43. The fourth-order valence-corrected chi connectivity index (χ4v) is 3.98. The number of rotatable bonds is 6. The number of amides is 2. The van der Waals surface area contributed by atoms with E-state index in [0.29, 0.717) is 16.9 Å². The highest BCUT2D eigenvalue weighted by Gasteiger charge is 2.51. The zero-order valence-corrected chi connectivity index (χ0v) is 18.6. The smallest absolute Gasteiger partial charge is 0.228 e. The van der Waals surface area contributed by atoms with Gasteiger partial charge in [0.1, 0.15) is 11.5 Å². The summed E-state index contributed by atoms with van der Waals surface area (Å²) in [4.78, 5) is 25.6. The number of nitrogens with two attached hydrogens (primary N) is 1. The van der Waals surface area contributed by atoms with Gasteiger partial charge < -0.3 is 16.4 Å². The van der Waals surface area contributed by atoms with Crippen molar-refractivity contribution in [2.75, 3.05) is 10.6 Å². The van der Waals surface area contributed by atoms with Crippen molar-refractivity contribution in [1.29, 1.82) is 10.5 Å². The number of hydrogen-bond acceptors (Lipinski definition) is 5. The molecule has 3 rings (SSSR count). The van der Waals surface area contributed by atoms with Gasteiger partial charge in [-0.05, 0) is 36.8 Å². The van der Waals surface area contributed by atoms with Crippen LogP contribution in [-0.4, -0.2) is 11.8 Å². The Hall–Kier alpha value is -4.36. The van der Waals surface area contributed by atoms with Crippen LogP contribution in [0.2, 0.25) is 0 Å². The second-order valence-electron chi connectivity index (χ2n) is 8.41. The maximum Gasteiger partial charge on any atom is 0.228 e. The van der Waals surface area contributed by atoms with E-state index < -0.39 is 10.8 Å². The van der Waals surface area contributed by atoms with Crippen LogP contribution in [0.1, 0.15) is 26.7 Å². The first kappa shape index (κ1) is 23.3. The summed E-state index contributed by atoms with van der Waals surface area (Å²) in [6, 6.07) is 22.2. The first-order valence-electron chi connectivity index (χ1n) is 10.5. The molecule has 2 amide bonds. The van der Waals surface area contributed by atoms with E-state index in [9.17, 15) is 20.1 Å². The van der Waals surface area contributed by atoms with Gasteiger partial charge in [0.05, 0.1) is 18.1 Å². The maximum absolute atomic E-state index is 12.9. The van der Waals surface area contributed by atoms with Crippen LogP contribution in [0, 0.1) is 33.5 Å². The minimum atomic E-state index is -1.31. The van der Waals surface area contributed by atoms with Crippen LogP contribution in [0.3, 0.4) is 0 Å². The average molecular weight is 440 g/mol. The topological polar surface area (TPSA) is 132 Å². The van der Waals surface area contributed by atoms with Crippen LogP contribution < -0.4 is 16.4 Å². The van der Waals surface area contributed by atoms with Gasteiger partial charge in [-0.2, -0.15) is 10.5 Å². The molecule has 7 nitrogen and oxygen atoms in total. The van der Waals surface area contributed by atoms with Crippen LogP contribution in [0.25, 0.3) is 0 Å². The molecule has 4 N–H and O–H groups in total. The van der Waals surface area contributed by atoms with Crippen molar-refractivity contribution in [2.24, 2.45) is 16.6 Å². The van der Waals surface area contributed by atoms with Crippen molar-refractivity contribution >= 4 is 23.2 Å². The molecule has 1 aliphatic carbocycles. The van der Waals surface area contributed by atoms with Gasteiger partial charge in [0.25, 0.3) is 0 Å². The van der Waals surface area contributed by atoms with Gasteiger partial charge in [-0.3, -0.25) is 9.59 Å². The van der Waals surface area contributed by atoms with E-state index >= 15 is 0 Å². The van der Waals surface area contributed by atoms with Gasteiger partial charge in [0.15, 0.2) is 0 Å². The van der Waals surface area contributed by atoms with Crippen molar-refractivity contribution < 1.29 is 9.59 Å². The minimum Gasteiger partial charge on any atom is -0.400 e. The predicted octanol–water partition coefficient (Wildman–Crippen LogP) is 4.26. The van der Waals surface area contributed by atoms with Crippen molar-refractivity contribution in [1.82, 2.24) is 0 Å². The summed E-state index contributed by atoms with van der Waals surface area (Å²) < 4.78 is 0. The molecule has 2 atom stereocenters. The Morgan fingerprint density at radius 3 is 1.91 bits per heavy atom. The molecule has 0 aromatic heterocycles. The van der Waals surface area contributed by atoms with E-state index in [2.05, 4.69) is 16.7 Å². The molecule has 0 spiro atoms. The van der Waals surface area contributed by atoms with Crippen LogP contribution >= 0.6 is 0 Å². The Bertz CT molecular complexity index is 1200. The third-order valence-electron chi connectivity index (χ3n) is 6.09. The molecule has 1 aliphatic rings. The highest BCUT2D eigenvalue weighted by molar-refractivity contribution is 5.94. The van der Waals surface area contributed by atoms with Crippen molar-refractivity contribution in [3.05, 3.63) is 83.6 Å². The second kappa shape index (κ2) is 9.42. The van der Waals surface area contributed by atoms with E-state index in [1.807, 2.05) is 18.2 Å². The number of hydrogen-bond donors (Lipinski definition) is 3. The Labute approximate surface area is 193 Å². The van der Waals surface area contributed by atoms with E-state index in [1.165, 1.54) is 0 Å². The number of benzene rings is 2. The number of anilines is 2. The molecule has 0 heterocycles. The van der Waals surface area contributed by atoms with Crippen molar-refractivity contribution in [2.45, 2.75) is 26.7 Å². The van der Waals surface area contributed by atoms with Gasteiger partial charge in [0, 0.05) is 28.9 Å². The number of carbonyl (C=O) groups is 2. The molecule has 0 saturated carbocycles. The molecule has 0 bridgehead atoms. The maximum atomic E-state index is 12.9. The van der Waals surface area contributed by atoms with Crippen LogP contribution in [0.5, 0.6) is 0 Å². The molecule has 2 aromatic rings. The second-order valence-corrected chi connectivity index (χ2v) is 8.41. The number of para-hydroxylation sites is 2. The highest BCUT2D eigenvalue weighted by atomic mass is 16.2. The first-order chi connectivity index (χ1) is 15.7. The quantitative estimate of drug-likeness (QED) is 0.619. The Balaban J connectivity index is 1.91. The van der Waals surface area contributed by atoms with Crippen molar-refractivity contribution in [3.63, 3.8) is 0 Å². The Morgan fingerprint density at radius 2 is 1.42 bits per heavy atom. The normalized spacial score (nSPS) is 21.9. The molecule has 0 radical (unpaired) electrons. The Morgan fingerprint density at radius 1 is 0.909 bits per heavy atom. The molecule has 0 saturated heterocycles. The zero-order valence-electron chi connectivity index (χ0n) is 18.6. The molecule has 2 aromatic carbocycles. The summed E-state index contributed by atoms with van der Waals surface area (Å²) >= 11 is 0. The van der Waals surface area contributed by atoms with Gasteiger partial charge in [-0.1, -0.05) is 49.4 Å². The van der Waals surface area contributed by atoms with Crippen LogP contribution in [0.4, 0.5) is 11.4 Å². The molecule has 7 heteroatoms. The van der Waals surface area contributed by atoms with E-state index in [0.717, 1.165) is 0 Å². The third kappa shape index (κ3) is 4.78. The van der Waals surface area contributed by atoms with Gasteiger partial charge in [0.2, 0.25) is 11.8 Å². The lowest BCUT2D eigenvalue weighted by Crippen LogP contribution is -2.45. The zero-order chi connectivity index (χ0) is 24.1. The van der Waals surface area contributed by atoms with Gasteiger partial charge in [-0.25, -0.2) is 0 Å². The average Bonchev–Trinajstić information content (AvgIpc) is 2.79. The van der Waals surface area contributed by atoms with Crippen LogP contribution in [-0.2, 0) is 9.59 Å². The standard InChI is InChI=1S/C26H25N5O2/c1-25(15-23(33)31-20-11-7-4-8-12-20)14-18(21(16-27)24(29)26(25,2)17-28)13-22(32)30-19-9-5-3-6-10-19/h3-12,14H,13,15,29H2,1-2H3,(H,30,32)(H,31,33)/t25-,26-/m0/s1. The van der Waals surface area contributed by atoms with Gasteiger partial charge >= 0.3 is 0 Å². The molecule has 0 fully saturated rings. The summed E-state index contributed by atoms with van der Waals surface area (Å²) in [5, 5.41) is 25.4. The first-order valence-corrected chi connectivity index (χ1v) is 10.5. The number of allylic oxidation sites excluding steroid dienone is 3. The fourth-order valence-electron chi connectivity index (χ4n) is 3.98. The lowest BCUT2D eigenvalue weighted by molar-refractivity contribution is -0.118. The minimum absolute atomic E-state index is 0.0604. The summed E-state index contributed by atoms with van der Waals surface area (Å²) in [6.45, 7) is 3.36. The molecule has 0 unspecified atom stereocenters. The third-order valence-corrected chi connectivity index (χ3v) is 6.09. The van der Waals surface area contributed by atoms with Crippen LogP contribution in [0.15, 0.2) is 83.6 Å². The molecule has 33 heavy (non-hydrogen) atoms. The molecule has 166 valence electrons. The SMILES string of the molecule is C[C@@]1(CC(=O)Nc2ccccc2)C=C(CC(=O)Nc2ccccc2)C(C#N)=C(N)[C@]1(C)C#N. The highest BCUT2D eigenvalue weighted by Crippen LogP contribution is 2.52. The fraction of sp³-hybridized carbons (Fsp3) is 0.231. The predicted molar refractivity (Wildman–Crippen MR) is 126 cm³/mol. The Kier molecular flexibility index (Phi) is 6.65. The summed E-state index contributed by atoms with van der Waals surface area (Å²) in [5.41, 5.74) is 5.79. The van der Waals surface area contributed by atoms with E-state index in [-0.39, 0.29) is 35.9 Å². The largest absolute Gasteiger partial charge is 0.400 e. The monoisotopic (exact) mass is 439 g/mol. The summed E-state index contributed by atoms with van der Waals surface area (Å²) in [5.74, 6) is -0.632. The summed E-state index contributed by atoms with van der Waals surface area (Å²) in [7, 11) is 0. The number of nitrogens with one attached hydrogen (secondary N) is 2. The number of nitriles is 2. The number of carbonyl (C=O) groups excluding carboxylic acids is 2. The lowest BCUT2D eigenvalue weighted by atomic mass is 9.58. The molecule has 0 aliphatic heterocycles. The van der Waals surface area contributed by atoms with Crippen molar-refractivity contribution in [3.8, 4) is 12.1 Å².